The first kappa shape index (κ1) is 18.7. The van der Waals surface area contributed by atoms with E-state index in [4.69, 9.17) is 13.6 Å². The van der Waals surface area contributed by atoms with Gasteiger partial charge in [0, 0.05) is 28.0 Å². The fourth-order valence-electron chi connectivity index (χ4n) is 3.22. The maximum atomic E-state index is 12.6. The van der Waals surface area contributed by atoms with Crippen molar-refractivity contribution in [1.82, 2.24) is 0 Å². The second-order valence-corrected chi connectivity index (χ2v) is 6.90. The molecule has 0 aliphatic carbocycles. The van der Waals surface area contributed by atoms with Gasteiger partial charge in [-0.1, -0.05) is 18.2 Å². The van der Waals surface area contributed by atoms with Crippen molar-refractivity contribution in [2.75, 3.05) is 0 Å². The Labute approximate surface area is 165 Å². The Bertz CT molecular complexity index is 1380. The van der Waals surface area contributed by atoms with E-state index >= 15 is 0 Å². The number of ether oxygens (including phenoxy) is 1. The maximum absolute atomic E-state index is 12.6. The molecule has 0 bridgehead atoms. The van der Waals surface area contributed by atoms with Crippen molar-refractivity contribution in [1.29, 1.82) is 0 Å². The van der Waals surface area contributed by atoms with Crippen LogP contribution in [0.1, 0.15) is 19.4 Å². The van der Waals surface area contributed by atoms with Crippen LogP contribution >= 0.6 is 0 Å². The van der Waals surface area contributed by atoms with Gasteiger partial charge in [-0.3, -0.25) is 4.79 Å². The first-order chi connectivity index (χ1) is 13.8. The molecule has 2 heterocycles. The number of benzene rings is 2. The van der Waals surface area contributed by atoms with E-state index in [1.807, 2.05) is 12.1 Å². The van der Waals surface area contributed by atoms with Crippen molar-refractivity contribution in [3.8, 4) is 16.9 Å². The Kier molecular flexibility index (Phi) is 4.54. The number of aryl methyl sites for hydroxylation is 1. The standard InChI is InChI=1S/C23H18O6/c1-12-19(27-14(3)13(2)24)9-8-16-17(11-21(25)29-22(12)16)18-10-15-6-4-5-7-20(15)28-23(18)26/h4-11,14H,1-3H3. The van der Waals surface area contributed by atoms with Gasteiger partial charge in [0.05, 0.1) is 5.56 Å². The highest BCUT2D eigenvalue weighted by atomic mass is 16.5. The predicted molar refractivity (Wildman–Crippen MR) is 109 cm³/mol. The Balaban J connectivity index is 1.96. The highest BCUT2D eigenvalue weighted by molar-refractivity contribution is 5.97. The zero-order valence-electron chi connectivity index (χ0n) is 16.1. The molecule has 0 N–H and O–H groups in total. The van der Waals surface area contributed by atoms with Gasteiger partial charge < -0.3 is 13.6 Å². The zero-order chi connectivity index (χ0) is 20.7. The minimum atomic E-state index is -0.631. The number of para-hydroxylation sites is 1. The third-order valence-corrected chi connectivity index (χ3v) is 4.92. The lowest BCUT2D eigenvalue weighted by Gasteiger charge is -2.15. The topological polar surface area (TPSA) is 86.7 Å². The molecule has 4 rings (SSSR count). The van der Waals surface area contributed by atoms with Gasteiger partial charge in [-0.2, -0.15) is 0 Å². The molecule has 2 aromatic carbocycles. The summed E-state index contributed by atoms with van der Waals surface area (Å²) in [5.74, 6) is 0.319. The number of fused-ring (bicyclic) bond motifs is 2. The lowest BCUT2D eigenvalue weighted by molar-refractivity contribution is -0.122. The van der Waals surface area contributed by atoms with Gasteiger partial charge >= 0.3 is 11.3 Å². The van der Waals surface area contributed by atoms with Crippen molar-refractivity contribution < 1.29 is 18.4 Å². The summed E-state index contributed by atoms with van der Waals surface area (Å²) in [4.78, 5) is 36.4. The van der Waals surface area contributed by atoms with Crippen LogP contribution in [0.15, 0.2) is 67.0 Å². The SMILES string of the molecule is CC(=O)C(C)Oc1ccc2c(-c3cc4ccccc4oc3=O)cc(=O)oc2c1C. The fraction of sp³-hybridized carbons (Fsp3) is 0.174. The van der Waals surface area contributed by atoms with Crippen LogP contribution in [-0.4, -0.2) is 11.9 Å². The van der Waals surface area contributed by atoms with E-state index in [0.717, 1.165) is 5.39 Å². The summed E-state index contributed by atoms with van der Waals surface area (Å²) in [6.07, 6.45) is -0.631. The molecule has 146 valence electrons. The number of hydrogen-bond donors (Lipinski definition) is 0. The Morgan fingerprint density at radius 1 is 1.00 bits per heavy atom. The van der Waals surface area contributed by atoms with Crippen LogP contribution in [0.2, 0.25) is 0 Å². The Morgan fingerprint density at radius 3 is 2.52 bits per heavy atom. The highest BCUT2D eigenvalue weighted by Gasteiger charge is 2.18. The lowest BCUT2D eigenvalue weighted by Crippen LogP contribution is -2.21. The molecule has 4 aromatic rings. The third kappa shape index (κ3) is 3.33. The van der Waals surface area contributed by atoms with Crippen LogP contribution in [0.4, 0.5) is 0 Å². The minimum absolute atomic E-state index is 0.117. The number of hydrogen-bond acceptors (Lipinski definition) is 6. The van der Waals surface area contributed by atoms with Gasteiger partial charge in [0.2, 0.25) is 0 Å². The first-order valence-corrected chi connectivity index (χ1v) is 9.13. The van der Waals surface area contributed by atoms with Crippen LogP contribution in [0, 0.1) is 6.92 Å². The molecule has 1 unspecified atom stereocenters. The van der Waals surface area contributed by atoms with Crippen LogP contribution in [0.3, 0.4) is 0 Å². The lowest BCUT2D eigenvalue weighted by atomic mass is 10.0. The second kappa shape index (κ2) is 7.05. The predicted octanol–water partition coefficient (Wildman–Crippen LogP) is 4.23. The molecule has 2 aromatic heterocycles. The number of carbonyl (C=O) groups is 1. The summed E-state index contributed by atoms with van der Waals surface area (Å²) in [7, 11) is 0. The van der Waals surface area contributed by atoms with E-state index in [-0.39, 0.29) is 11.3 Å². The molecule has 0 spiro atoms. The molecular formula is C23H18O6. The molecule has 0 saturated carbocycles. The van der Waals surface area contributed by atoms with Crippen molar-refractivity contribution >= 4 is 27.7 Å². The van der Waals surface area contributed by atoms with Gasteiger partial charge in [0.15, 0.2) is 11.9 Å². The van der Waals surface area contributed by atoms with E-state index in [0.29, 0.717) is 33.4 Å². The largest absolute Gasteiger partial charge is 0.483 e. The second-order valence-electron chi connectivity index (χ2n) is 6.90. The van der Waals surface area contributed by atoms with E-state index in [2.05, 4.69) is 0 Å². The molecule has 0 aliphatic rings. The molecule has 0 saturated heterocycles. The molecule has 1 atom stereocenters. The van der Waals surface area contributed by atoms with E-state index in [1.54, 1.807) is 44.2 Å². The molecule has 0 aliphatic heterocycles. The molecule has 6 heteroatoms. The smallest absolute Gasteiger partial charge is 0.344 e. The van der Waals surface area contributed by atoms with Gasteiger partial charge in [-0.15, -0.1) is 0 Å². The van der Waals surface area contributed by atoms with Gasteiger partial charge in [0.1, 0.15) is 16.9 Å². The monoisotopic (exact) mass is 390 g/mol. The van der Waals surface area contributed by atoms with Crippen molar-refractivity contribution in [3.05, 3.63) is 74.9 Å². The van der Waals surface area contributed by atoms with E-state index < -0.39 is 17.4 Å². The average Bonchev–Trinajstić information content (AvgIpc) is 2.69. The molecule has 0 fully saturated rings. The van der Waals surface area contributed by atoms with E-state index in [9.17, 15) is 14.4 Å². The van der Waals surface area contributed by atoms with Gasteiger partial charge in [-0.05, 0) is 45.0 Å². The number of carbonyl (C=O) groups excluding carboxylic acids is 1. The average molecular weight is 390 g/mol. The van der Waals surface area contributed by atoms with Crippen LogP contribution in [0.25, 0.3) is 33.1 Å². The molecular weight excluding hydrogens is 372 g/mol. The quantitative estimate of drug-likeness (QED) is 0.485. The zero-order valence-corrected chi connectivity index (χ0v) is 16.1. The number of ketones is 1. The van der Waals surface area contributed by atoms with Gasteiger partial charge in [-0.25, -0.2) is 9.59 Å². The van der Waals surface area contributed by atoms with E-state index in [1.165, 1.54) is 13.0 Å². The van der Waals surface area contributed by atoms with Crippen LogP contribution in [0.5, 0.6) is 5.75 Å². The van der Waals surface area contributed by atoms with Crippen LogP contribution in [-0.2, 0) is 4.79 Å². The first-order valence-electron chi connectivity index (χ1n) is 9.13. The summed E-state index contributed by atoms with van der Waals surface area (Å²) < 4.78 is 16.5. The summed E-state index contributed by atoms with van der Waals surface area (Å²) in [5.41, 5.74) is 0.891. The Morgan fingerprint density at radius 2 is 1.76 bits per heavy atom. The van der Waals surface area contributed by atoms with Gasteiger partial charge in [0.25, 0.3) is 0 Å². The molecule has 0 amide bonds. The minimum Gasteiger partial charge on any atom is -0.483 e. The third-order valence-electron chi connectivity index (χ3n) is 4.92. The summed E-state index contributed by atoms with van der Waals surface area (Å²) >= 11 is 0. The normalized spacial score (nSPS) is 12.2. The van der Waals surface area contributed by atoms with Crippen molar-refractivity contribution in [2.24, 2.45) is 0 Å². The van der Waals surface area contributed by atoms with Crippen molar-refractivity contribution in [3.63, 3.8) is 0 Å². The molecule has 6 nitrogen and oxygen atoms in total. The summed E-state index contributed by atoms with van der Waals surface area (Å²) in [6, 6.07) is 13.5. The maximum Gasteiger partial charge on any atom is 0.344 e. The summed E-state index contributed by atoms with van der Waals surface area (Å²) in [5, 5.41) is 1.32. The van der Waals surface area contributed by atoms with Crippen LogP contribution < -0.4 is 16.0 Å². The molecule has 29 heavy (non-hydrogen) atoms. The molecule has 0 radical (unpaired) electrons. The number of rotatable bonds is 4. The summed E-state index contributed by atoms with van der Waals surface area (Å²) in [6.45, 7) is 4.83. The Hall–Kier alpha value is -3.67. The number of Topliss-reactive ketones (excluding diaryl/α,β-unsaturated/α-hetero) is 1. The highest BCUT2D eigenvalue weighted by Crippen LogP contribution is 2.33. The fourth-order valence-corrected chi connectivity index (χ4v) is 3.22. The van der Waals surface area contributed by atoms with Crippen molar-refractivity contribution in [2.45, 2.75) is 26.9 Å².